The average Bonchev–Trinajstić information content (AvgIpc) is 3.62. The van der Waals surface area contributed by atoms with E-state index in [1.54, 1.807) is 30.5 Å². The summed E-state index contributed by atoms with van der Waals surface area (Å²) < 4.78 is 54.7. The Balaban J connectivity index is 1.33. The van der Waals surface area contributed by atoms with Crippen molar-refractivity contribution in [2.75, 3.05) is 13.2 Å². The molecule has 0 radical (unpaired) electrons. The molecule has 0 bridgehead atoms. The van der Waals surface area contributed by atoms with Gasteiger partial charge in [0.1, 0.15) is 30.0 Å². The number of aromatic nitrogens is 4. The molecule has 2 aromatic heterocycles. The third-order valence-electron chi connectivity index (χ3n) is 7.57. The zero-order valence-electron chi connectivity index (χ0n) is 21.5. The van der Waals surface area contributed by atoms with E-state index in [2.05, 4.69) is 36.5 Å². The van der Waals surface area contributed by atoms with E-state index in [0.29, 0.717) is 20.9 Å². The molecule has 2 aliphatic rings. The van der Waals surface area contributed by atoms with Crippen molar-refractivity contribution in [3.63, 3.8) is 0 Å². The molecular weight excluding hydrogens is 627 g/mol. The van der Waals surface area contributed by atoms with Crippen LogP contribution in [0.25, 0.3) is 22.2 Å². The highest BCUT2D eigenvalue weighted by Crippen LogP contribution is 2.43. The number of carbonyl (C=O) groups is 1. The molecule has 4 aromatic rings. The number of aliphatic hydroxyl groups excluding tert-OH is 3. The van der Waals surface area contributed by atoms with Gasteiger partial charge < -0.3 is 30.1 Å². The van der Waals surface area contributed by atoms with E-state index in [-0.39, 0.29) is 24.3 Å². The molecule has 2 fully saturated rings. The summed E-state index contributed by atoms with van der Waals surface area (Å²) in [6.45, 7) is -0.628. The molecule has 4 N–H and O–H groups in total. The van der Waals surface area contributed by atoms with E-state index in [1.807, 2.05) is 0 Å². The van der Waals surface area contributed by atoms with E-state index < -0.39 is 66.1 Å². The standard InChI is InChI=1S/C27H23BrF3N5O6/c28-15-4-3-14(13-2-1-6-32-22(13)15)26(40)33-20-5-7-41-27(20)25(39)23(24(38)19(11-37)42-27)36-10-18(34-35-36)12-8-16(29)21(31)17(30)9-12/h1-4,6,8-10,19-20,23-25,37-39H,5,7,11H2,(H,33,40)/t19-,20-,23+,24+,25-,27+/m1/s1. The van der Waals surface area contributed by atoms with Crippen molar-refractivity contribution in [2.24, 2.45) is 0 Å². The maximum absolute atomic E-state index is 13.8. The Labute approximate surface area is 244 Å². The second-order valence-electron chi connectivity index (χ2n) is 9.98. The lowest BCUT2D eigenvalue weighted by Gasteiger charge is -2.49. The SMILES string of the molecule is O=C(N[C@@H]1CCO[C@]12O[C@H](CO)[C@H](O)[C@H](n1cc(-c3cc(F)c(F)c(F)c3)nn1)[C@H]2O)c1ccc(Br)c2ncccc12. The van der Waals surface area contributed by atoms with E-state index in [1.165, 1.54) is 6.20 Å². The van der Waals surface area contributed by atoms with Gasteiger partial charge in [-0.25, -0.2) is 17.9 Å². The monoisotopic (exact) mass is 649 g/mol. The number of halogens is 4. The fourth-order valence-corrected chi connectivity index (χ4v) is 5.96. The zero-order valence-corrected chi connectivity index (χ0v) is 23.1. The van der Waals surface area contributed by atoms with Crippen LogP contribution in [0, 0.1) is 17.5 Å². The van der Waals surface area contributed by atoms with Gasteiger partial charge in [0, 0.05) is 27.2 Å². The second-order valence-corrected chi connectivity index (χ2v) is 10.8. The molecule has 0 saturated carbocycles. The van der Waals surface area contributed by atoms with Gasteiger partial charge in [-0.15, -0.1) is 5.10 Å². The molecule has 6 rings (SSSR count). The minimum absolute atomic E-state index is 0.0579. The van der Waals surface area contributed by atoms with Crippen molar-refractivity contribution in [3.8, 4) is 11.3 Å². The molecular formula is C27H23BrF3N5O6. The summed E-state index contributed by atoms with van der Waals surface area (Å²) in [4.78, 5) is 17.8. The summed E-state index contributed by atoms with van der Waals surface area (Å²) in [7, 11) is 0. The molecule has 2 saturated heterocycles. The first-order valence-electron chi connectivity index (χ1n) is 12.8. The highest BCUT2D eigenvalue weighted by atomic mass is 79.9. The van der Waals surface area contributed by atoms with Crippen molar-refractivity contribution in [1.29, 1.82) is 0 Å². The highest BCUT2D eigenvalue weighted by molar-refractivity contribution is 9.10. The number of hydrogen-bond acceptors (Lipinski definition) is 9. The predicted octanol–water partition coefficient (Wildman–Crippen LogP) is 2.24. The fraction of sp³-hybridized carbons (Fsp3) is 0.333. The van der Waals surface area contributed by atoms with Crippen LogP contribution in [0.3, 0.4) is 0 Å². The normalized spacial score (nSPS) is 27.5. The van der Waals surface area contributed by atoms with Crippen LogP contribution >= 0.6 is 15.9 Å². The molecule has 42 heavy (non-hydrogen) atoms. The number of nitrogens with one attached hydrogen (secondary N) is 1. The third kappa shape index (κ3) is 4.66. The number of nitrogens with zero attached hydrogens (tertiary/aromatic N) is 4. The van der Waals surface area contributed by atoms with Crippen molar-refractivity contribution >= 4 is 32.7 Å². The molecule has 220 valence electrons. The smallest absolute Gasteiger partial charge is 0.252 e. The van der Waals surface area contributed by atoms with Crippen molar-refractivity contribution in [1.82, 2.24) is 25.3 Å². The van der Waals surface area contributed by atoms with Crippen molar-refractivity contribution in [3.05, 3.63) is 76.3 Å². The van der Waals surface area contributed by atoms with E-state index in [9.17, 15) is 33.3 Å². The summed E-state index contributed by atoms with van der Waals surface area (Å²) in [6.07, 6.45) is -1.51. The van der Waals surface area contributed by atoms with Crippen LogP contribution in [-0.2, 0) is 9.47 Å². The summed E-state index contributed by atoms with van der Waals surface area (Å²) in [5, 5.41) is 43.9. The predicted molar refractivity (Wildman–Crippen MR) is 142 cm³/mol. The van der Waals surface area contributed by atoms with Crippen molar-refractivity contribution < 1.29 is 42.8 Å². The summed E-state index contributed by atoms with van der Waals surface area (Å²) >= 11 is 3.43. The molecule has 2 aliphatic heterocycles. The zero-order chi connectivity index (χ0) is 29.8. The molecule has 6 atom stereocenters. The van der Waals surface area contributed by atoms with Crippen molar-refractivity contribution in [2.45, 2.75) is 42.6 Å². The Bertz CT molecular complexity index is 1650. The first-order chi connectivity index (χ1) is 20.1. The van der Waals surface area contributed by atoms with E-state index in [0.717, 1.165) is 16.8 Å². The van der Waals surface area contributed by atoms with Crippen LogP contribution in [0.15, 0.2) is 53.3 Å². The summed E-state index contributed by atoms with van der Waals surface area (Å²) in [5.41, 5.74) is 0.660. The van der Waals surface area contributed by atoms with Gasteiger partial charge in [0.2, 0.25) is 5.79 Å². The molecule has 11 nitrogen and oxygen atoms in total. The topological polar surface area (TPSA) is 152 Å². The maximum atomic E-state index is 13.8. The lowest BCUT2D eigenvalue weighted by atomic mass is 9.86. The Morgan fingerprint density at radius 3 is 2.69 bits per heavy atom. The average molecular weight is 650 g/mol. The van der Waals surface area contributed by atoms with Crippen LogP contribution in [0.2, 0.25) is 0 Å². The van der Waals surface area contributed by atoms with Crippen LogP contribution in [0.5, 0.6) is 0 Å². The molecule has 0 aliphatic carbocycles. The number of pyridine rings is 1. The van der Waals surface area contributed by atoms with Gasteiger partial charge in [-0.05, 0) is 52.7 Å². The Hall–Kier alpha value is -3.47. The number of carbonyl (C=O) groups excluding carboxylic acids is 1. The highest BCUT2D eigenvalue weighted by Gasteiger charge is 2.62. The first-order valence-corrected chi connectivity index (χ1v) is 13.6. The largest absolute Gasteiger partial charge is 0.394 e. The van der Waals surface area contributed by atoms with Gasteiger partial charge in [-0.1, -0.05) is 11.3 Å². The van der Waals surface area contributed by atoms with E-state index >= 15 is 0 Å². The number of aliphatic hydroxyl groups is 3. The quantitative estimate of drug-likeness (QED) is 0.239. The minimum Gasteiger partial charge on any atom is -0.394 e. The molecule has 4 heterocycles. The Morgan fingerprint density at radius 2 is 1.95 bits per heavy atom. The summed E-state index contributed by atoms with van der Waals surface area (Å²) in [5.74, 6) is -6.93. The second kappa shape index (κ2) is 11.0. The number of fused-ring (bicyclic) bond motifs is 1. The lowest BCUT2D eigenvalue weighted by molar-refractivity contribution is -0.344. The number of amides is 1. The number of ether oxygens (including phenoxy) is 2. The van der Waals surface area contributed by atoms with Crippen LogP contribution < -0.4 is 5.32 Å². The van der Waals surface area contributed by atoms with Crippen LogP contribution in [0.4, 0.5) is 13.2 Å². The Kier molecular flexibility index (Phi) is 7.49. The first kappa shape index (κ1) is 28.6. The molecule has 15 heteroatoms. The van der Waals surface area contributed by atoms with Gasteiger partial charge in [0.15, 0.2) is 17.5 Å². The van der Waals surface area contributed by atoms with Gasteiger partial charge >= 0.3 is 0 Å². The fourth-order valence-electron chi connectivity index (χ4n) is 5.52. The van der Waals surface area contributed by atoms with E-state index in [4.69, 9.17) is 9.47 Å². The molecule has 0 unspecified atom stereocenters. The van der Waals surface area contributed by atoms with Gasteiger partial charge in [0.05, 0.1) is 31.0 Å². The number of benzene rings is 2. The maximum Gasteiger partial charge on any atom is 0.252 e. The van der Waals surface area contributed by atoms with Crippen LogP contribution in [-0.4, -0.2) is 84.6 Å². The minimum atomic E-state index is -1.92. The van der Waals surface area contributed by atoms with Gasteiger partial charge in [-0.2, -0.15) is 0 Å². The molecule has 1 spiro atoms. The number of hydrogen-bond donors (Lipinski definition) is 4. The lowest BCUT2D eigenvalue weighted by Crippen LogP contribution is -2.69. The van der Waals surface area contributed by atoms with Gasteiger partial charge in [-0.3, -0.25) is 9.78 Å². The third-order valence-corrected chi connectivity index (χ3v) is 8.21. The number of rotatable bonds is 5. The molecule has 1 amide bonds. The summed E-state index contributed by atoms with van der Waals surface area (Å²) in [6, 6.07) is 5.91. The Morgan fingerprint density at radius 1 is 1.19 bits per heavy atom. The molecule has 2 aromatic carbocycles. The van der Waals surface area contributed by atoms with Crippen LogP contribution in [0.1, 0.15) is 22.8 Å². The van der Waals surface area contributed by atoms with Gasteiger partial charge in [0.25, 0.3) is 5.91 Å².